The molecule has 3 rings (SSSR count). The van der Waals surface area contributed by atoms with Gasteiger partial charge in [-0.3, -0.25) is 0 Å². The summed E-state index contributed by atoms with van der Waals surface area (Å²) in [6, 6.07) is 12.3. The second kappa shape index (κ2) is 6.80. The Labute approximate surface area is 145 Å². The molecule has 0 aromatic heterocycles. The number of hydrogen-bond acceptors (Lipinski definition) is 5. The SMILES string of the molecule is COCCNC1=NS(=O)(=O)c2cccc(-c3ccccc3Cl)c2N1. The van der Waals surface area contributed by atoms with Crippen molar-refractivity contribution in [3.8, 4) is 11.1 Å². The van der Waals surface area contributed by atoms with E-state index in [0.717, 1.165) is 5.56 Å². The zero-order valence-electron chi connectivity index (χ0n) is 12.9. The van der Waals surface area contributed by atoms with E-state index in [2.05, 4.69) is 15.0 Å². The molecule has 2 aromatic rings. The molecule has 24 heavy (non-hydrogen) atoms. The fourth-order valence-corrected chi connectivity index (χ4v) is 3.79. The van der Waals surface area contributed by atoms with Crippen LogP contribution in [-0.2, 0) is 14.8 Å². The van der Waals surface area contributed by atoms with E-state index in [1.807, 2.05) is 24.3 Å². The molecule has 6 nitrogen and oxygen atoms in total. The van der Waals surface area contributed by atoms with Gasteiger partial charge in [0.05, 0.1) is 12.3 Å². The summed E-state index contributed by atoms with van der Waals surface area (Å²) in [6.45, 7) is 0.862. The van der Waals surface area contributed by atoms with Crippen LogP contribution in [0.3, 0.4) is 0 Å². The highest BCUT2D eigenvalue weighted by molar-refractivity contribution is 7.90. The van der Waals surface area contributed by atoms with E-state index < -0.39 is 10.0 Å². The Kier molecular flexibility index (Phi) is 4.75. The Hall–Kier alpha value is -2.09. The number of sulfonamides is 1. The van der Waals surface area contributed by atoms with Gasteiger partial charge in [-0.1, -0.05) is 41.9 Å². The number of halogens is 1. The second-order valence-electron chi connectivity index (χ2n) is 5.12. The average Bonchev–Trinajstić information content (AvgIpc) is 2.55. The third kappa shape index (κ3) is 3.24. The minimum atomic E-state index is -3.79. The number of ether oxygens (including phenoxy) is 1. The maximum atomic E-state index is 12.5. The van der Waals surface area contributed by atoms with E-state index in [0.29, 0.717) is 29.4 Å². The molecule has 1 heterocycles. The molecule has 0 fully saturated rings. The standard InChI is InChI=1S/C16H16ClN3O3S/c1-23-10-9-18-16-19-15-12(11-5-2-3-7-13(11)17)6-4-8-14(15)24(21,22)20-16/h2-8H,9-10H2,1H3,(H2,18,19,20). The maximum Gasteiger partial charge on any atom is 0.287 e. The summed E-state index contributed by atoms with van der Waals surface area (Å²) < 4.78 is 33.6. The van der Waals surface area contributed by atoms with E-state index in [1.165, 1.54) is 6.07 Å². The van der Waals surface area contributed by atoms with Crippen LogP contribution in [0.4, 0.5) is 5.69 Å². The molecule has 0 radical (unpaired) electrons. The molecule has 0 saturated carbocycles. The Bertz CT molecular complexity index is 897. The quantitative estimate of drug-likeness (QED) is 0.814. The summed E-state index contributed by atoms with van der Waals surface area (Å²) in [5.74, 6) is 0.166. The van der Waals surface area contributed by atoms with Gasteiger partial charge in [0.25, 0.3) is 10.0 Å². The lowest BCUT2D eigenvalue weighted by Gasteiger charge is -2.22. The molecule has 8 heteroatoms. The molecule has 0 atom stereocenters. The molecule has 0 aliphatic carbocycles. The monoisotopic (exact) mass is 365 g/mol. The van der Waals surface area contributed by atoms with Gasteiger partial charge in [-0.15, -0.1) is 4.40 Å². The van der Waals surface area contributed by atoms with Crippen LogP contribution in [0.25, 0.3) is 11.1 Å². The number of hydrogen-bond donors (Lipinski definition) is 2. The Balaban J connectivity index is 2.07. The van der Waals surface area contributed by atoms with Gasteiger partial charge >= 0.3 is 0 Å². The van der Waals surface area contributed by atoms with Crippen LogP contribution in [0.1, 0.15) is 0 Å². The topological polar surface area (TPSA) is 79.8 Å². The van der Waals surface area contributed by atoms with Crippen molar-refractivity contribution in [1.82, 2.24) is 5.32 Å². The Morgan fingerprint density at radius 3 is 2.67 bits per heavy atom. The number of anilines is 1. The highest BCUT2D eigenvalue weighted by Crippen LogP contribution is 2.39. The number of rotatable bonds is 4. The first-order chi connectivity index (χ1) is 11.5. The number of methoxy groups -OCH3 is 1. The van der Waals surface area contributed by atoms with Crippen molar-refractivity contribution in [2.24, 2.45) is 4.40 Å². The van der Waals surface area contributed by atoms with Crippen molar-refractivity contribution in [2.45, 2.75) is 4.90 Å². The van der Waals surface area contributed by atoms with Gasteiger partial charge < -0.3 is 15.4 Å². The normalized spacial score (nSPS) is 15.2. The number of para-hydroxylation sites is 1. The summed E-state index contributed by atoms with van der Waals surface area (Å²) in [4.78, 5) is 0.122. The molecular weight excluding hydrogens is 350 g/mol. The van der Waals surface area contributed by atoms with Crippen LogP contribution in [0.15, 0.2) is 51.8 Å². The van der Waals surface area contributed by atoms with Crippen LogP contribution < -0.4 is 10.6 Å². The first-order valence-electron chi connectivity index (χ1n) is 7.25. The minimum Gasteiger partial charge on any atom is -0.383 e. The van der Waals surface area contributed by atoms with E-state index in [-0.39, 0.29) is 10.9 Å². The molecule has 0 unspecified atom stereocenters. The molecule has 0 saturated heterocycles. The van der Waals surface area contributed by atoms with Crippen LogP contribution in [-0.4, -0.2) is 34.6 Å². The minimum absolute atomic E-state index is 0.122. The first kappa shape index (κ1) is 16.8. The number of guanidine groups is 1. The highest BCUT2D eigenvalue weighted by Gasteiger charge is 2.27. The molecule has 126 valence electrons. The number of benzene rings is 2. The fourth-order valence-electron chi connectivity index (χ4n) is 2.44. The van der Waals surface area contributed by atoms with Gasteiger partial charge in [0.2, 0.25) is 5.96 Å². The molecule has 1 aliphatic heterocycles. The van der Waals surface area contributed by atoms with E-state index in [1.54, 1.807) is 19.2 Å². The van der Waals surface area contributed by atoms with Gasteiger partial charge in [-0.2, -0.15) is 8.42 Å². The number of fused-ring (bicyclic) bond motifs is 1. The zero-order valence-corrected chi connectivity index (χ0v) is 14.5. The van der Waals surface area contributed by atoms with Crippen molar-refractivity contribution in [1.29, 1.82) is 0 Å². The van der Waals surface area contributed by atoms with E-state index in [4.69, 9.17) is 16.3 Å². The maximum absolute atomic E-state index is 12.5. The molecule has 0 spiro atoms. The smallest absolute Gasteiger partial charge is 0.287 e. The first-order valence-corrected chi connectivity index (χ1v) is 9.07. The zero-order chi connectivity index (χ0) is 17.2. The predicted molar refractivity (Wildman–Crippen MR) is 95.0 cm³/mol. The van der Waals surface area contributed by atoms with Gasteiger partial charge in [-0.05, 0) is 12.1 Å². The summed E-state index contributed by atoms with van der Waals surface area (Å²) in [5, 5.41) is 6.51. The molecule has 1 aliphatic rings. The van der Waals surface area contributed by atoms with Crippen LogP contribution >= 0.6 is 11.6 Å². The number of nitrogens with zero attached hydrogens (tertiary/aromatic N) is 1. The second-order valence-corrected chi connectivity index (χ2v) is 7.10. The average molecular weight is 366 g/mol. The fraction of sp³-hybridized carbons (Fsp3) is 0.188. The molecule has 0 bridgehead atoms. The Morgan fingerprint density at radius 2 is 1.92 bits per heavy atom. The number of nitrogens with one attached hydrogen (secondary N) is 2. The lowest BCUT2D eigenvalue weighted by Crippen LogP contribution is -2.36. The summed E-state index contributed by atoms with van der Waals surface area (Å²) in [6.07, 6.45) is 0. The van der Waals surface area contributed by atoms with Crippen molar-refractivity contribution in [2.75, 3.05) is 25.6 Å². The van der Waals surface area contributed by atoms with Crippen LogP contribution in [0.2, 0.25) is 5.02 Å². The van der Waals surface area contributed by atoms with Crippen molar-refractivity contribution < 1.29 is 13.2 Å². The van der Waals surface area contributed by atoms with Crippen molar-refractivity contribution in [3.05, 3.63) is 47.5 Å². The van der Waals surface area contributed by atoms with Gasteiger partial charge in [0.15, 0.2) is 0 Å². The van der Waals surface area contributed by atoms with Gasteiger partial charge in [0, 0.05) is 29.8 Å². The lowest BCUT2D eigenvalue weighted by molar-refractivity contribution is 0.204. The summed E-state index contributed by atoms with van der Waals surface area (Å²) in [5.41, 5.74) is 1.90. The molecular formula is C16H16ClN3O3S. The molecule has 2 N–H and O–H groups in total. The van der Waals surface area contributed by atoms with Gasteiger partial charge in [-0.25, -0.2) is 0 Å². The third-order valence-electron chi connectivity index (χ3n) is 3.52. The van der Waals surface area contributed by atoms with Crippen molar-refractivity contribution in [3.63, 3.8) is 0 Å². The predicted octanol–water partition coefficient (Wildman–Crippen LogP) is 2.71. The van der Waals surface area contributed by atoms with Gasteiger partial charge in [0.1, 0.15) is 4.90 Å². The highest BCUT2D eigenvalue weighted by atomic mass is 35.5. The summed E-state index contributed by atoms with van der Waals surface area (Å²) in [7, 11) is -2.22. The Morgan fingerprint density at radius 1 is 1.17 bits per heavy atom. The largest absolute Gasteiger partial charge is 0.383 e. The lowest BCUT2D eigenvalue weighted by atomic mass is 10.0. The van der Waals surface area contributed by atoms with E-state index >= 15 is 0 Å². The van der Waals surface area contributed by atoms with Crippen molar-refractivity contribution >= 4 is 33.3 Å². The summed E-state index contributed by atoms with van der Waals surface area (Å²) >= 11 is 6.27. The van der Waals surface area contributed by atoms with Crippen LogP contribution in [0.5, 0.6) is 0 Å². The third-order valence-corrected chi connectivity index (χ3v) is 5.17. The van der Waals surface area contributed by atoms with E-state index in [9.17, 15) is 8.42 Å². The van der Waals surface area contributed by atoms with Crippen LogP contribution in [0, 0.1) is 0 Å². The molecule has 2 aromatic carbocycles. The molecule has 0 amide bonds.